The van der Waals surface area contributed by atoms with Crippen LogP contribution in [0.15, 0.2) is 18.2 Å². The van der Waals surface area contributed by atoms with Gasteiger partial charge < -0.3 is 4.74 Å². The molecule has 1 aromatic carbocycles. The number of nitrogens with zero attached hydrogens (tertiary/aromatic N) is 1. The zero-order valence-electron chi connectivity index (χ0n) is 11.4. The molecular formula is C16H21NO. The minimum atomic E-state index is 0.0649. The largest absolute Gasteiger partial charge is 0.489 e. The summed E-state index contributed by atoms with van der Waals surface area (Å²) in [6, 6.07) is 8.63. The van der Waals surface area contributed by atoms with Crippen LogP contribution in [-0.4, -0.2) is 6.10 Å². The lowest BCUT2D eigenvalue weighted by atomic mass is 9.98. The molecule has 0 amide bonds. The molecule has 18 heavy (non-hydrogen) atoms. The van der Waals surface area contributed by atoms with Gasteiger partial charge in [-0.2, -0.15) is 5.26 Å². The quantitative estimate of drug-likeness (QED) is 0.797. The van der Waals surface area contributed by atoms with Crippen molar-refractivity contribution in [2.45, 2.75) is 52.1 Å². The molecule has 0 aromatic heterocycles. The highest BCUT2D eigenvalue weighted by Gasteiger charge is 2.28. The number of nitriles is 1. The lowest BCUT2D eigenvalue weighted by Crippen LogP contribution is -2.20. The fourth-order valence-electron chi connectivity index (χ4n) is 2.76. The molecule has 1 aliphatic carbocycles. The topological polar surface area (TPSA) is 33.0 Å². The highest BCUT2D eigenvalue weighted by atomic mass is 16.5. The summed E-state index contributed by atoms with van der Waals surface area (Å²) in [6.45, 7) is 6.52. The van der Waals surface area contributed by atoms with Crippen LogP contribution in [-0.2, 0) is 0 Å². The summed E-state index contributed by atoms with van der Waals surface area (Å²) in [5.74, 6) is 1.51. The molecule has 1 fully saturated rings. The number of hydrogen-bond donors (Lipinski definition) is 0. The van der Waals surface area contributed by atoms with Crippen LogP contribution in [0.3, 0.4) is 0 Å². The van der Waals surface area contributed by atoms with E-state index in [1.54, 1.807) is 0 Å². The monoisotopic (exact) mass is 243 g/mol. The number of hydrogen-bond acceptors (Lipinski definition) is 2. The minimum Gasteiger partial charge on any atom is -0.489 e. The molecule has 0 heterocycles. The molecule has 2 unspecified atom stereocenters. The van der Waals surface area contributed by atoms with Crippen molar-refractivity contribution in [1.29, 1.82) is 5.26 Å². The average molecular weight is 243 g/mol. The molecule has 2 atom stereocenters. The van der Waals surface area contributed by atoms with Gasteiger partial charge in [0.05, 0.1) is 12.0 Å². The zero-order chi connectivity index (χ0) is 13.1. The van der Waals surface area contributed by atoms with Crippen molar-refractivity contribution in [1.82, 2.24) is 0 Å². The van der Waals surface area contributed by atoms with Crippen LogP contribution < -0.4 is 4.74 Å². The number of aryl methyl sites for hydroxylation is 1. The van der Waals surface area contributed by atoms with Gasteiger partial charge in [-0.15, -0.1) is 0 Å². The predicted octanol–water partition coefficient (Wildman–Crippen LogP) is 4.19. The van der Waals surface area contributed by atoms with Crippen molar-refractivity contribution >= 4 is 0 Å². The van der Waals surface area contributed by atoms with Crippen LogP contribution in [0.5, 0.6) is 5.75 Å². The summed E-state index contributed by atoms with van der Waals surface area (Å²) < 4.78 is 5.97. The molecule has 0 bridgehead atoms. The van der Waals surface area contributed by atoms with E-state index in [0.29, 0.717) is 5.92 Å². The van der Waals surface area contributed by atoms with Gasteiger partial charge in [0.15, 0.2) is 0 Å². The van der Waals surface area contributed by atoms with Gasteiger partial charge >= 0.3 is 0 Å². The van der Waals surface area contributed by atoms with Crippen molar-refractivity contribution in [3.8, 4) is 11.8 Å². The third kappa shape index (κ3) is 2.67. The standard InChI is InChI=1S/C16H21NO/c1-11(2)15-8-7-14(9-12(15)3)18-16-6-4-5-13(16)10-17/h7-9,11,13,16H,4-6H2,1-3H3. The van der Waals surface area contributed by atoms with E-state index in [9.17, 15) is 0 Å². The second kappa shape index (κ2) is 5.44. The SMILES string of the molecule is Cc1cc(OC2CCCC2C#N)ccc1C(C)C. The minimum absolute atomic E-state index is 0.0649. The van der Waals surface area contributed by atoms with Crippen molar-refractivity contribution in [2.75, 3.05) is 0 Å². The summed E-state index contributed by atoms with van der Waals surface area (Å²) >= 11 is 0. The van der Waals surface area contributed by atoms with Gasteiger partial charge in [-0.3, -0.25) is 0 Å². The van der Waals surface area contributed by atoms with Crippen LogP contribution >= 0.6 is 0 Å². The number of rotatable bonds is 3. The van der Waals surface area contributed by atoms with Gasteiger partial charge in [0.1, 0.15) is 11.9 Å². The lowest BCUT2D eigenvalue weighted by Gasteiger charge is -2.18. The number of ether oxygens (including phenoxy) is 1. The van der Waals surface area contributed by atoms with E-state index in [2.05, 4.69) is 39.0 Å². The van der Waals surface area contributed by atoms with E-state index in [0.717, 1.165) is 25.0 Å². The first-order chi connectivity index (χ1) is 8.61. The fraction of sp³-hybridized carbons (Fsp3) is 0.562. The van der Waals surface area contributed by atoms with Crippen LogP contribution in [0.2, 0.25) is 0 Å². The normalized spacial score (nSPS) is 23.1. The van der Waals surface area contributed by atoms with Crippen molar-refractivity contribution < 1.29 is 4.74 Å². The summed E-state index contributed by atoms with van der Waals surface area (Å²) in [4.78, 5) is 0. The Morgan fingerprint density at radius 1 is 1.33 bits per heavy atom. The Balaban J connectivity index is 2.11. The lowest BCUT2D eigenvalue weighted by molar-refractivity contribution is 0.182. The Labute approximate surface area is 110 Å². The molecule has 0 aliphatic heterocycles. The van der Waals surface area contributed by atoms with Gasteiger partial charge in [-0.1, -0.05) is 19.9 Å². The molecule has 96 valence electrons. The second-order valence-electron chi connectivity index (χ2n) is 5.50. The van der Waals surface area contributed by atoms with Gasteiger partial charge in [-0.25, -0.2) is 0 Å². The molecule has 0 spiro atoms. The first kappa shape index (κ1) is 13.0. The van der Waals surface area contributed by atoms with E-state index in [1.165, 1.54) is 11.1 Å². The average Bonchev–Trinajstić information content (AvgIpc) is 2.76. The van der Waals surface area contributed by atoms with E-state index in [4.69, 9.17) is 10.00 Å². The first-order valence-electron chi connectivity index (χ1n) is 6.78. The first-order valence-corrected chi connectivity index (χ1v) is 6.78. The Kier molecular flexibility index (Phi) is 3.91. The highest BCUT2D eigenvalue weighted by Crippen LogP contribution is 2.31. The maximum absolute atomic E-state index is 9.06. The molecular weight excluding hydrogens is 222 g/mol. The molecule has 1 aromatic rings. The van der Waals surface area contributed by atoms with E-state index < -0.39 is 0 Å². The second-order valence-corrected chi connectivity index (χ2v) is 5.50. The molecule has 0 saturated heterocycles. The van der Waals surface area contributed by atoms with Crippen LogP contribution in [0, 0.1) is 24.2 Å². The van der Waals surface area contributed by atoms with E-state index in [1.807, 2.05) is 6.07 Å². The highest BCUT2D eigenvalue weighted by molar-refractivity contribution is 5.36. The van der Waals surface area contributed by atoms with Crippen molar-refractivity contribution in [2.24, 2.45) is 5.92 Å². The summed E-state index contributed by atoms with van der Waals surface area (Å²) in [5, 5.41) is 9.06. The molecule has 1 aliphatic rings. The Hall–Kier alpha value is -1.49. The molecule has 2 heteroatoms. The molecule has 2 nitrogen and oxygen atoms in total. The third-order valence-corrected chi connectivity index (χ3v) is 3.77. The Morgan fingerprint density at radius 2 is 2.11 bits per heavy atom. The van der Waals surface area contributed by atoms with Gasteiger partial charge in [0, 0.05) is 0 Å². The number of benzene rings is 1. The van der Waals surface area contributed by atoms with Gasteiger partial charge in [-0.05, 0) is 55.4 Å². The molecule has 1 saturated carbocycles. The summed E-state index contributed by atoms with van der Waals surface area (Å²) in [7, 11) is 0. The summed E-state index contributed by atoms with van der Waals surface area (Å²) in [5.41, 5.74) is 2.64. The smallest absolute Gasteiger partial charge is 0.120 e. The fourth-order valence-corrected chi connectivity index (χ4v) is 2.76. The Morgan fingerprint density at radius 3 is 2.72 bits per heavy atom. The zero-order valence-corrected chi connectivity index (χ0v) is 11.4. The molecule has 0 N–H and O–H groups in total. The molecule has 2 rings (SSSR count). The summed E-state index contributed by atoms with van der Waals surface area (Å²) in [6.07, 6.45) is 3.17. The maximum atomic E-state index is 9.06. The van der Waals surface area contributed by atoms with Crippen LogP contribution in [0.1, 0.15) is 50.2 Å². The Bertz CT molecular complexity index is 459. The third-order valence-electron chi connectivity index (χ3n) is 3.77. The van der Waals surface area contributed by atoms with Gasteiger partial charge in [0.2, 0.25) is 0 Å². The maximum Gasteiger partial charge on any atom is 0.120 e. The van der Waals surface area contributed by atoms with Gasteiger partial charge in [0.25, 0.3) is 0 Å². The predicted molar refractivity (Wildman–Crippen MR) is 72.6 cm³/mol. The van der Waals surface area contributed by atoms with E-state index in [-0.39, 0.29) is 12.0 Å². The van der Waals surface area contributed by atoms with Crippen LogP contribution in [0.25, 0.3) is 0 Å². The molecule has 0 radical (unpaired) electrons. The van der Waals surface area contributed by atoms with Crippen molar-refractivity contribution in [3.05, 3.63) is 29.3 Å². The van der Waals surface area contributed by atoms with Crippen LogP contribution in [0.4, 0.5) is 0 Å². The van der Waals surface area contributed by atoms with E-state index >= 15 is 0 Å². The van der Waals surface area contributed by atoms with Crippen molar-refractivity contribution in [3.63, 3.8) is 0 Å².